The van der Waals surface area contributed by atoms with Crippen molar-refractivity contribution in [2.45, 2.75) is 44.1 Å². The Morgan fingerprint density at radius 2 is 1.89 bits per heavy atom. The third-order valence-corrected chi connectivity index (χ3v) is 4.28. The van der Waals surface area contributed by atoms with E-state index < -0.39 is 5.60 Å². The Kier molecular flexibility index (Phi) is 4.97. The highest BCUT2D eigenvalue weighted by molar-refractivity contribution is 5.51. The summed E-state index contributed by atoms with van der Waals surface area (Å²) < 4.78 is 0. The standard InChI is InChI=1S/C16H24N2O/c17-13-18-12-11-16(19,14-7-3-1-4-8-14)15-9-5-2-6-10-15/h1,3-4,7-8,13,15,19H,2,5-6,9-12H2,(H2,17,18). The second kappa shape index (κ2) is 6.71. The number of nitrogens with two attached hydrogens (primary N) is 1. The Morgan fingerprint density at radius 3 is 2.53 bits per heavy atom. The van der Waals surface area contributed by atoms with Crippen molar-refractivity contribution in [3.63, 3.8) is 0 Å². The summed E-state index contributed by atoms with van der Waals surface area (Å²) in [6.45, 7) is 0.582. The molecule has 1 saturated carbocycles. The van der Waals surface area contributed by atoms with Gasteiger partial charge in [0.1, 0.15) is 0 Å². The van der Waals surface area contributed by atoms with E-state index >= 15 is 0 Å². The summed E-state index contributed by atoms with van der Waals surface area (Å²) >= 11 is 0. The van der Waals surface area contributed by atoms with Crippen molar-refractivity contribution >= 4 is 6.34 Å². The molecule has 104 valence electrons. The summed E-state index contributed by atoms with van der Waals surface area (Å²) in [5.41, 5.74) is 5.57. The van der Waals surface area contributed by atoms with Gasteiger partial charge in [-0.15, -0.1) is 0 Å². The van der Waals surface area contributed by atoms with Gasteiger partial charge in [-0.25, -0.2) is 0 Å². The van der Waals surface area contributed by atoms with Crippen molar-refractivity contribution in [1.82, 2.24) is 0 Å². The molecule has 3 N–H and O–H groups in total. The van der Waals surface area contributed by atoms with Crippen molar-refractivity contribution < 1.29 is 5.11 Å². The van der Waals surface area contributed by atoms with Crippen LogP contribution < -0.4 is 5.73 Å². The van der Waals surface area contributed by atoms with Gasteiger partial charge in [0, 0.05) is 13.0 Å². The minimum atomic E-state index is -0.756. The van der Waals surface area contributed by atoms with E-state index in [9.17, 15) is 5.11 Å². The zero-order chi connectivity index (χ0) is 13.6. The van der Waals surface area contributed by atoms with Crippen LogP contribution in [0.4, 0.5) is 0 Å². The Balaban J connectivity index is 2.20. The second-order valence-corrected chi connectivity index (χ2v) is 5.43. The van der Waals surface area contributed by atoms with Crippen LogP contribution in [0.3, 0.4) is 0 Å². The molecule has 2 rings (SSSR count). The summed E-state index contributed by atoms with van der Waals surface area (Å²) in [7, 11) is 0. The Morgan fingerprint density at radius 1 is 1.21 bits per heavy atom. The van der Waals surface area contributed by atoms with Gasteiger partial charge in [0.15, 0.2) is 0 Å². The van der Waals surface area contributed by atoms with Crippen LogP contribution in [0.25, 0.3) is 0 Å². The maximum Gasteiger partial charge on any atom is 0.0942 e. The first kappa shape index (κ1) is 14.1. The zero-order valence-corrected chi connectivity index (χ0v) is 11.5. The first-order valence-electron chi connectivity index (χ1n) is 7.25. The SMILES string of the molecule is NC=NCCC(O)(c1ccccc1)C1CCCCC1. The minimum Gasteiger partial charge on any atom is -0.390 e. The molecule has 0 saturated heterocycles. The molecular formula is C16H24N2O. The van der Waals surface area contributed by atoms with Crippen molar-refractivity contribution in [2.24, 2.45) is 16.6 Å². The molecule has 1 aromatic carbocycles. The molecule has 0 radical (unpaired) electrons. The first-order chi connectivity index (χ1) is 9.27. The molecule has 19 heavy (non-hydrogen) atoms. The number of hydrogen-bond acceptors (Lipinski definition) is 2. The van der Waals surface area contributed by atoms with Gasteiger partial charge in [-0.05, 0) is 24.3 Å². The normalized spacial score (nSPS) is 20.5. The van der Waals surface area contributed by atoms with Crippen molar-refractivity contribution in [3.8, 4) is 0 Å². The number of rotatable bonds is 5. The lowest BCUT2D eigenvalue weighted by Crippen LogP contribution is -2.37. The number of aliphatic hydroxyl groups is 1. The average Bonchev–Trinajstić information content (AvgIpc) is 2.49. The van der Waals surface area contributed by atoms with E-state index in [1.165, 1.54) is 25.6 Å². The summed E-state index contributed by atoms with van der Waals surface area (Å²) in [5.74, 6) is 0.344. The van der Waals surface area contributed by atoms with Crippen molar-refractivity contribution in [3.05, 3.63) is 35.9 Å². The predicted molar refractivity (Wildman–Crippen MR) is 79.1 cm³/mol. The first-order valence-corrected chi connectivity index (χ1v) is 7.25. The Hall–Kier alpha value is -1.35. The summed E-state index contributed by atoms with van der Waals surface area (Å²) in [6, 6.07) is 10.0. The summed E-state index contributed by atoms with van der Waals surface area (Å²) in [6.07, 6.45) is 7.93. The molecule has 1 fully saturated rings. The average molecular weight is 260 g/mol. The number of nitrogens with zero attached hydrogens (tertiary/aromatic N) is 1. The van der Waals surface area contributed by atoms with E-state index in [1.807, 2.05) is 30.3 Å². The highest BCUT2D eigenvalue weighted by atomic mass is 16.3. The lowest BCUT2D eigenvalue weighted by Gasteiger charge is -2.39. The highest BCUT2D eigenvalue weighted by Crippen LogP contribution is 2.41. The fourth-order valence-electron chi connectivity index (χ4n) is 3.20. The lowest BCUT2D eigenvalue weighted by atomic mass is 9.72. The van der Waals surface area contributed by atoms with Crippen molar-refractivity contribution in [1.29, 1.82) is 0 Å². The fraction of sp³-hybridized carbons (Fsp3) is 0.562. The van der Waals surface area contributed by atoms with E-state index in [4.69, 9.17) is 5.73 Å². The molecule has 1 aromatic rings. The smallest absolute Gasteiger partial charge is 0.0942 e. The number of benzene rings is 1. The van der Waals surface area contributed by atoms with E-state index in [0.717, 1.165) is 18.4 Å². The molecule has 0 heterocycles. The molecule has 0 aromatic heterocycles. The van der Waals surface area contributed by atoms with Gasteiger partial charge >= 0.3 is 0 Å². The van der Waals surface area contributed by atoms with Crippen LogP contribution in [-0.4, -0.2) is 18.0 Å². The summed E-state index contributed by atoms with van der Waals surface area (Å²) in [4.78, 5) is 4.07. The molecule has 0 bridgehead atoms. The molecule has 1 atom stereocenters. The van der Waals surface area contributed by atoms with Gasteiger partial charge in [-0.2, -0.15) is 0 Å². The van der Waals surface area contributed by atoms with Crippen LogP contribution in [0.2, 0.25) is 0 Å². The van der Waals surface area contributed by atoms with E-state index in [1.54, 1.807) is 0 Å². The van der Waals surface area contributed by atoms with Gasteiger partial charge in [0.2, 0.25) is 0 Å². The zero-order valence-electron chi connectivity index (χ0n) is 11.5. The van der Waals surface area contributed by atoms with Gasteiger partial charge in [0.05, 0.1) is 11.9 Å². The maximum atomic E-state index is 11.2. The van der Waals surface area contributed by atoms with E-state index in [-0.39, 0.29) is 0 Å². The topological polar surface area (TPSA) is 58.6 Å². The second-order valence-electron chi connectivity index (χ2n) is 5.43. The van der Waals surface area contributed by atoms with Crippen LogP contribution >= 0.6 is 0 Å². The number of hydrogen-bond donors (Lipinski definition) is 2. The largest absolute Gasteiger partial charge is 0.390 e. The molecule has 0 amide bonds. The van der Waals surface area contributed by atoms with Crippen LogP contribution in [0.15, 0.2) is 35.3 Å². The number of aliphatic imine (C=N–C) groups is 1. The molecule has 1 aliphatic carbocycles. The Bertz CT molecular complexity index is 398. The molecule has 0 spiro atoms. The molecule has 1 aliphatic rings. The molecule has 3 heteroatoms. The quantitative estimate of drug-likeness (QED) is 0.632. The van der Waals surface area contributed by atoms with Gasteiger partial charge in [-0.1, -0.05) is 49.6 Å². The predicted octanol–water partition coefficient (Wildman–Crippen LogP) is 2.83. The summed E-state index contributed by atoms with van der Waals surface area (Å²) in [5, 5.41) is 11.2. The van der Waals surface area contributed by atoms with E-state index in [2.05, 4.69) is 4.99 Å². The van der Waals surface area contributed by atoms with Crippen LogP contribution in [-0.2, 0) is 5.60 Å². The van der Waals surface area contributed by atoms with Gasteiger partial charge in [0.25, 0.3) is 0 Å². The Labute approximate surface area is 115 Å². The maximum absolute atomic E-state index is 11.2. The minimum absolute atomic E-state index is 0.344. The van der Waals surface area contributed by atoms with E-state index in [0.29, 0.717) is 18.9 Å². The molecule has 1 unspecified atom stereocenters. The van der Waals surface area contributed by atoms with Crippen molar-refractivity contribution in [2.75, 3.05) is 6.54 Å². The molecule has 0 aliphatic heterocycles. The fourth-order valence-corrected chi connectivity index (χ4v) is 3.20. The lowest BCUT2D eigenvalue weighted by molar-refractivity contribution is -0.0439. The molecule has 3 nitrogen and oxygen atoms in total. The van der Waals surface area contributed by atoms with Crippen LogP contribution in [0.1, 0.15) is 44.1 Å². The highest BCUT2D eigenvalue weighted by Gasteiger charge is 2.38. The monoisotopic (exact) mass is 260 g/mol. The van der Waals surface area contributed by atoms with Gasteiger partial charge < -0.3 is 10.8 Å². The van der Waals surface area contributed by atoms with Crippen LogP contribution in [0, 0.1) is 5.92 Å². The third kappa shape index (κ3) is 3.35. The third-order valence-electron chi connectivity index (χ3n) is 4.28. The van der Waals surface area contributed by atoms with Gasteiger partial charge in [-0.3, -0.25) is 4.99 Å². The molecular weight excluding hydrogens is 236 g/mol. The van der Waals surface area contributed by atoms with Crippen LogP contribution in [0.5, 0.6) is 0 Å².